The zero-order valence-corrected chi connectivity index (χ0v) is 14.4. The largest absolute Gasteiger partial charge is 0.343 e. The molecule has 1 atom stereocenters. The predicted octanol–water partition coefficient (Wildman–Crippen LogP) is 2.49. The van der Waals surface area contributed by atoms with Gasteiger partial charge in [0.25, 0.3) is 0 Å². The molecule has 0 bridgehead atoms. The summed E-state index contributed by atoms with van der Waals surface area (Å²) in [5.74, 6) is 0. The van der Waals surface area contributed by atoms with Crippen molar-refractivity contribution in [1.82, 2.24) is 15.2 Å². The molecule has 21 heavy (non-hydrogen) atoms. The molecule has 2 heterocycles. The number of likely N-dealkylation sites (N-methyl/N-ethyl adjacent to an activating group) is 1. The van der Waals surface area contributed by atoms with Crippen molar-refractivity contribution in [2.45, 2.75) is 58.2 Å². The fourth-order valence-electron chi connectivity index (χ4n) is 3.01. The highest BCUT2D eigenvalue weighted by molar-refractivity contribution is 7.15. The summed E-state index contributed by atoms with van der Waals surface area (Å²) in [6.45, 7) is 8.96. The summed E-state index contributed by atoms with van der Waals surface area (Å²) in [6.07, 6.45) is 4.99. The van der Waals surface area contributed by atoms with Crippen LogP contribution in [-0.4, -0.2) is 48.6 Å². The lowest BCUT2D eigenvalue weighted by atomic mass is 10.2. The molecular formula is C16H28N4S. The minimum absolute atomic E-state index is 0.564. The number of nitrogens with one attached hydrogen (secondary N) is 1. The van der Waals surface area contributed by atoms with Crippen molar-refractivity contribution in [1.29, 1.82) is 0 Å². The molecule has 1 N–H and O–H groups in total. The first kappa shape index (κ1) is 15.3. The van der Waals surface area contributed by atoms with E-state index in [0.29, 0.717) is 6.04 Å². The Hall–Kier alpha value is -0.650. The lowest BCUT2D eigenvalue weighted by Gasteiger charge is -2.38. The Labute approximate surface area is 132 Å². The lowest BCUT2D eigenvalue weighted by molar-refractivity contribution is 0.275. The van der Waals surface area contributed by atoms with E-state index in [9.17, 15) is 0 Å². The zero-order chi connectivity index (χ0) is 14.8. The van der Waals surface area contributed by atoms with E-state index in [1.807, 2.05) is 11.3 Å². The summed E-state index contributed by atoms with van der Waals surface area (Å²) in [5.41, 5.74) is 1.33. The number of hydrogen-bond acceptors (Lipinski definition) is 5. The van der Waals surface area contributed by atoms with Crippen molar-refractivity contribution in [2.24, 2.45) is 0 Å². The van der Waals surface area contributed by atoms with Gasteiger partial charge < -0.3 is 15.1 Å². The summed E-state index contributed by atoms with van der Waals surface area (Å²) in [5, 5.41) is 4.89. The number of aromatic nitrogens is 1. The van der Waals surface area contributed by atoms with Crippen molar-refractivity contribution < 1.29 is 0 Å². The van der Waals surface area contributed by atoms with Gasteiger partial charge in [0.2, 0.25) is 0 Å². The van der Waals surface area contributed by atoms with E-state index < -0.39 is 0 Å². The van der Waals surface area contributed by atoms with E-state index in [1.165, 1.54) is 35.0 Å². The van der Waals surface area contributed by atoms with Crippen LogP contribution in [0.25, 0.3) is 0 Å². The van der Waals surface area contributed by atoms with Crippen molar-refractivity contribution in [3.8, 4) is 0 Å². The number of rotatable bonds is 6. The molecule has 1 saturated carbocycles. The smallest absolute Gasteiger partial charge is 0.186 e. The van der Waals surface area contributed by atoms with Gasteiger partial charge in [-0.3, -0.25) is 0 Å². The summed E-state index contributed by atoms with van der Waals surface area (Å²) in [7, 11) is 2.21. The molecule has 1 unspecified atom stereocenters. The van der Waals surface area contributed by atoms with Gasteiger partial charge >= 0.3 is 0 Å². The Balaban J connectivity index is 1.72. The van der Waals surface area contributed by atoms with Crippen LogP contribution in [0.1, 0.15) is 43.7 Å². The summed E-state index contributed by atoms with van der Waals surface area (Å²) < 4.78 is 0. The number of piperazine rings is 1. The third-order valence-corrected chi connectivity index (χ3v) is 5.59. The Morgan fingerprint density at radius 2 is 2.14 bits per heavy atom. The van der Waals surface area contributed by atoms with E-state index in [-0.39, 0.29) is 0 Å². The summed E-state index contributed by atoms with van der Waals surface area (Å²) >= 11 is 1.91. The average Bonchev–Trinajstić information content (AvgIpc) is 3.19. The summed E-state index contributed by atoms with van der Waals surface area (Å²) in [4.78, 5) is 11.4. The second-order valence-corrected chi connectivity index (χ2v) is 7.64. The van der Waals surface area contributed by atoms with E-state index in [1.54, 1.807) is 0 Å². The van der Waals surface area contributed by atoms with Gasteiger partial charge in [-0.1, -0.05) is 13.3 Å². The number of thiazole rings is 1. The van der Waals surface area contributed by atoms with Crippen LogP contribution in [0.15, 0.2) is 0 Å². The van der Waals surface area contributed by atoms with Crippen LogP contribution in [0.5, 0.6) is 0 Å². The van der Waals surface area contributed by atoms with Crippen molar-refractivity contribution in [3.63, 3.8) is 0 Å². The molecule has 0 radical (unpaired) electrons. The molecule has 1 aliphatic carbocycles. The van der Waals surface area contributed by atoms with Crippen LogP contribution in [0.2, 0.25) is 0 Å². The van der Waals surface area contributed by atoms with Crippen LogP contribution >= 0.6 is 11.3 Å². The highest BCUT2D eigenvalue weighted by Gasteiger charge is 2.26. The van der Waals surface area contributed by atoms with Crippen LogP contribution in [0.4, 0.5) is 5.13 Å². The van der Waals surface area contributed by atoms with Gasteiger partial charge in [-0.25, -0.2) is 4.98 Å². The van der Waals surface area contributed by atoms with Crippen LogP contribution < -0.4 is 10.2 Å². The van der Waals surface area contributed by atoms with Gasteiger partial charge in [0.15, 0.2) is 5.13 Å². The number of aryl methyl sites for hydroxylation is 1. The van der Waals surface area contributed by atoms with Gasteiger partial charge in [-0.15, -0.1) is 11.3 Å². The van der Waals surface area contributed by atoms with E-state index in [2.05, 4.69) is 36.0 Å². The fourth-order valence-corrected chi connectivity index (χ4v) is 4.20. The highest BCUT2D eigenvalue weighted by atomic mass is 32.1. The van der Waals surface area contributed by atoms with Crippen LogP contribution in [0.3, 0.4) is 0 Å². The Bertz CT molecular complexity index is 469. The highest BCUT2D eigenvalue weighted by Crippen LogP contribution is 2.30. The monoisotopic (exact) mass is 308 g/mol. The maximum Gasteiger partial charge on any atom is 0.186 e. The van der Waals surface area contributed by atoms with Crippen molar-refractivity contribution in [2.75, 3.05) is 31.6 Å². The Kier molecular flexibility index (Phi) is 4.82. The maximum atomic E-state index is 4.98. The van der Waals surface area contributed by atoms with E-state index in [4.69, 9.17) is 4.98 Å². The van der Waals surface area contributed by atoms with Gasteiger partial charge in [0.1, 0.15) is 0 Å². The average molecular weight is 308 g/mol. The molecule has 3 rings (SSSR count). The Morgan fingerprint density at radius 1 is 1.33 bits per heavy atom. The topological polar surface area (TPSA) is 31.4 Å². The molecule has 118 valence electrons. The fraction of sp³-hybridized carbons (Fsp3) is 0.812. The van der Waals surface area contributed by atoms with Crippen LogP contribution in [-0.2, 0) is 13.0 Å². The molecule has 0 amide bonds. The molecule has 5 heteroatoms. The minimum atomic E-state index is 0.564. The first-order valence-electron chi connectivity index (χ1n) is 8.34. The van der Waals surface area contributed by atoms with Gasteiger partial charge in [-0.05, 0) is 33.2 Å². The molecule has 4 nitrogen and oxygen atoms in total. The molecular weight excluding hydrogens is 280 g/mol. The second-order valence-electron chi connectivity index (χ2n) is 6.58. The number of nitrogens with zero attached hydrogens (tertiary/aromatic N) is 3. The van der Waals surface area contributed by atoms with E-state index >= 15 is 0 Å². The molecule has 1 aromatic heterocycles. The van der Waals surface area contributed by atoms with Gasteiger partial charge in [0.05, 0.1) is 5.69 Å². The molecule has 1 saturated heterocycles. The number of anilines is 1. The normalized spacial score (nSPS) is 23.8. The third kappa shape index (κ3) is 3.76. The minimum Gasteiger partial charge on any atom is -0.343 e. The predicted molar refractivity (Wildman–Crippen MR) is 90.3 cm³/mol. The SMILES string of the molecule is CCCc1nc(N2CCN(C)CC2C)sc1CNC1CC1. The molecule has 1 aromatic rings. The van der Waals surface area contributed by atoms with Gasteiger partial charge in [0, 0.05) is 43.1 Å². The molecule has 0 aromatic carbocycles. The second kappa shape index (κ2) is 6.63. The first-order valence-corrected chi connectivity index (χ1v) is 9.16. The van der Waals surface area contributed by atoms with Crippen molar-refractivity contribution >= 4 is 16.5 Å². The van der Waals surface area contributed by atoms with Crippen LogP contribution in [0, 0.1) is 0 Å². The quantitative estimate of drug-likeness (QED) is 0.875. The first-order chi connectivity index (χ1) is 10.2. The molecule has 1 aliphatic heterocycles. The maximum absolute atomic E-state index is 4.98. The molecule has 2 fully saturated rings. The molecule has 2 aliphatic rings. The molecule has 0 spiro atoms. The number of hydrogen-bond donors (Lipinski definition) is 1. The van der Waals surface area contributed by atoms with Crippen molar-refractivity contribution in [3.05, 3.63) is 10.6 Å². The standard InChI is InChI=1S/C16H28N4S/c1-4-5-14-15(10-17-13-6-7-13)21-16(18-14)20-9-8-19(3)11-12(20)2/h12-13,17H,4-11H2,1-3H3. The third-order valence-electron chi connectivity index (χ3n) is 4.46. The summed E-state index contributed by atoms with van der Waals surface area (Å²) in [6, 6.07) is 1.33. The zero-order valence-electron chi connectivity index (χ0n) is 13.6. The Morgan fingerprint density at radius 3 is 2.81 bits per heavy atom. The van der Waals surface area contributed by atoms with Gasteiger partial charge in [-0.2, -0.15) is 0 Å². The lowest BCUT2D eigenvalue weighted by Crippen LogP contribution is -2.50. The van der Waals surface area contributed by atoms with E-state index in [0.717, 1.165) is 38.6 Å².